The predicted molar refractivity (Wildman–Crippen MR) is 91.4 cm³/mol. The van der Waals surface area contributed by atoms with Crippen molar-refractivity contribution < 1.29 is 4.79 Å². The fourth-order valence-electron chi connectivity index (χ4n) is 2.45. The van der Waals surface area contributed by atoms with E-state index in [0.29, 0.717) is 0 Å². The molecular formula is C17H37N3O. The van der Waals surface area contributed by atoms with Crippen molar-refractivity contribution in [1.82, 2.24) is 10.2 Å². The molecule has 4 heteroatoms. The van der Waals surface area contributed by atoms with E-state index in [4.69, 9.17) is 5.73 Å². The summed E-state index contributed by atoms with van der Waals surface area (Å²) in [4.78, 5) is 14.2. The van der Waals surface area contributed by atoms with Gasteiger partial charge in [0.15, 0.2) is 0 Å². The number of amides is 1. The second-order valence-electron chi connectivity index (χ2n) is 6.28. The third-order valence-electron chi connectivity index (χ3n) is 4.12. The van der Waals surface area contributed by atoms with Crippen LogP contribution in [-0.4, -0.2) is 42.5 Å². The maximum atomic E-state index is 11.7. The quantitative estimate of drug-likeness (QED) is 0.518. The van der Waals surface area contributed by atoms with E-state index in [2.05, 4.69) is 31.0 Å². The standard InChI is InChI=1S/C17H37N3O/c1-5-8-13-20(14-9-6-2)15-10-11-17(4,16(18)21)19-12-7-3/h19H,5-15H2,1-4H3,(H2,18,21). The van der Waals surface area contributed by atoms with E-state index in [1.165, 1.54) is 38.8 Å². The summed E-state index contributed by atoms with van der Waals surface area (Å²) in [6, 6.07) is 0. The van der Waals surface area contributed by atoms with E-state index < -0.39 is 5.54 Å². The lowest BCUT2D eigenvalue weighted by Crippen LogP contribution is -2.53. The van der Waals surface area contributed by atoms with Crippen LogP contribution in [0.5, 0.6) is 0 Å². The summed E-state index contributed by atoms with van der Waals surface area (Å²) >= 11 is 0. The van der Waals surface area contributed by atoms with Gasteiger partial charge in [-0.2, -0.15) is 0 Å². The molecule has 0 aliphatic carbocycles. The zero-order chi connectivity index (χ0) is 16.1. The van der Waals surface area contributed by atoms with E-state index in [1.807, 2.05) is 6.92 Å². The molecule has 0 radical (unpaired) electrons. The van der Waals surface area contributed by atoms with Crippen molar-refractivity contribution in [3.8, 4) is 0 Å². The fraction of sp³-hybridized carbons (Fsp3) is 0.941. The monoisotopic (exact) mass is 299 g/mol. The van der Waals surface area contributed by atoms with Crippen LogP contribution in [0.3, 0.4) is 0 Å². The van der Waals surface area contributed by atoms with E-state index in [1.54, 1.807) is 0 Å². The first kappa shape index (κ1) is 20.4. The average Bonchev–Trinajstić information content (AvgIpc) is 2.47. The Balaban J connectivity index is 4.25. The maximum Gasteiger partial charge on any atom is 0.237 e. The number of primary amides is 1. The van der Waals surface area contributed by atoms with E-state index in [-0.39, 0.29) is 5.91 Å². The van der Waals surface area contributed by atoms with Gasteiger partial charge in [0.25, 0.3) is 0 Å². The summed E-state index contributed by atoms with van der Waals surface area (Å²) < 4.78 is 0. The van der Waals surface area contributed by atoms with E-state index in [9.17, 15) is 4.79 Å². The number of unbranched alkanes of at least 4 members (excludes halogenated alkanes) is 2. The van der Waals surface area contributed by atoms with Crippen molar-refractivity contribution in [2.45, 2.75) is 78.2 Å². The number of hydrogen-bond donors (Lipinski definition) is 2. The highest BCUT2D eigenvalue weighted by atomic mass is 16.1. The van der Waals surface area contributed by atoms with Crippen molar-refractivity contribution in [3.63, 3.8) is 0 Å². The maximum absolute atomic E-state index is 11.7. The summed E-state index contributed by atoms with van der Waals surface area (Å²) in [6.45, 7) is 12.8. The molecule has 3 N–H and O–H groups in total. The Morgan fingerprint density at radius 3 is 1.95 bits per heavy atom. The van der Waals surface area contributed by atoms with Gasteiger partial charge >= 0.3 is 0 Å². The molecule has 4 nitrogen and oxygen atoms in total. The van der Waals surface area contributed by atoms with Crippen LogP contribution in [0.2, 0.25) is 0 Å². The van der Waals surface area contributed by atoms with Crippen LogP contribution in [0.1, 0.15) is 72.6 Å². The molecule has 0 aliphatic heterocycles. The molecule has 0 rings (SSSR count). The second kappa shape index (κ2) is 12.0. The minimum Gasteiger partial charge on any atom is -0.368 e. The van der Waals surface area contributed by atoms with Gasteiger partial charge in [0, 0.05) is 0 Å². The number of carbonyl (C=O) groups excluding carboxylic acids is 1. The molecule has 1 amide bonds. The Labute approximate surface area is 131 Å². The van der Waals surface area contributed by atoms with Crippen molar-refractivity contribution in [2.75, 3.05) is 26.2 Å². The van der Waals surface area contributed by atoms with Gasteiger partial charge in [-0.05, 0) is 65.2 Å². The number of hydrogen-bond acceptors (Lipinski definition) is 3. The first-order valence-electron chi connectivity index (χ1n) is 8.77. The Hall–Kier alpha value is -0.610. The van der Waals surface area contributed by atoms with Gasteiger partial charge < -0.3 is 16.0 Å². The van der Waals surface area contributed by atoms with Crippen LogP contribution >= 0.6 is 0 Å². The number of nitrogens with zero attached hydrogens (tertiary/aromatic N) is 1. The Morgan fingerprint density at radius 1 is 1.00 bits per heavy atom. The molecule has 0 aromatic carbocycles. The van der Waals surface area contributed by atoms with Crippen LogP contribution < -0.4 is 11.1 Å². The van der Waals surface area contributed by atoms with Gasteiger partial charge in [-0.1, -0.05) is 33.6 Å². The second-order valence-corrected chi connectivity index (χ2v) is 6.28. The minimum atomic E-state index is -0.558. The minimum absolute atomic E-state index is 0.232. The van der Waals surface area contributed by atoms with E-state index in [0.717, 1.165) is 32.4 Å². The Morgan fingerprint density at radius 2 is 1.52 bits per heavy atom. The number of rotatable bonds is 14. The molecule has 0 aliphatic rings. The van der Waals surface area contributed by atoms with Crippen molar-refractivity contribution in [1.29, 1.82) is 0 Å². The first-order valence-corrected chi connectivity index (χ1v) is 8.77. The molecule has 0 aromatic rings. The molecule has 0 spiro atoms. The summed E-state index contributed by atoms with van der Waals surface area (Å²) in [5.41, 5.74) is 5.02. The molecule has 0 saturated heterocycles. The van der Waals surface area contributed by atoms with Crippen LogP contribution in [0.25, 0.3) is 0 Å². The highest BCUT2D eigenvalue weighted by molar-refractivity contribution is 5.84. The van der Waals surface area contributed by atoms with Crippen molar-refractivity contribution in [2.24, 2.45) is 5.73 Å². The molecule has 0 fully saturated rings. The van der Waals surface area contributed by atoms with Gasteiger partial charge in [-0.15, -0.1) is 0 Å². The Bertz CT molecular complexity index is 263. The summed E-state index contributed by atoms with van der Waals surface area (Å²) in [6.07, 6.45) is 7.83. The first-order chi connectivity index (χ1) is 10.00. The van der Waals surface area contributed by atoms with Crippen LogP contribution in [0.15, 0.2) is 0 Å². The van der Waals surface area contributed by atoms with Gasteiger partial charge in [0.1, 0.15) is 0 Å². The molecule has 1 unspecified atom stereocenters. The third-order valence-corrected chi connectivity index (χ3v) is 4.12. The third kappa shape index (κ3) is 9.10. The van der Waals surface area contributed by atoms with Gasteiger partial charge in [-0.3, -0.25) is 4.79 Å². The largest absolute Gasteiger partial charge is 0.368 e. The highest BCUT2D eigenvalue weighted by Crippen LogP contribution is 2.13. The SMILES string of the molecule is CCCCN(CCCC)CCCC(C)(NCCC)C(N)=O. The summed E-state index contributed by atoms with van der Waals surface area (Å²) in [5, 5.41) is 3.31. The number of carbonyl (C=O) groups is 1. The molecule has 0 saturated carbocycles. The van der Waals surface area contributed by atoms with Crippen LogP contribution in [0.4, 0.5) is 0 Å². The van der Waals surface area contributed by atoms with Crippen LogP contribution in [0, 0.1) is 0 Å². The molecule has 126 valence electrons. The van der Waals surface area contributed by atoms with E-state index >= 15 is 0 Å². The lowest BCUT2D eigenvalue weighted by Gasteiger charge is -2.29. The zero-order valence-electron chi connectivity index (χ0n) is 14.7. The topological polar surface area (TPSA) is 58.4 Å². The highest BCUT2D eigenvalue weighted by Gasteiger charge is 2.29. The fourth-order valence-corrected chi connectivity index (χ4v) is 2.45. The zero-order valence-corrected chi connectivity index (χ0v) is 14.7. The van der Waals surface area contributed by atoms with Gasteiger partial charge in [0.05, 0.1) is 5.54 Å². The van der Waals surface area contributed by atoms with Crippen molar-refractivity contribution in [3.05, 3.63) is 0 Å². The smallest absolute Gasteiger partial charge is 0.237 e. The normalized spacial score (nSPS) is 14.3. The Kier molecular flexibility index (Phi) is 11.6. The molecule has 0 bridgehead atoms. The molecule has 21 heavy (non-hydrogen) atoms. The molecular weight excluding hydrogens is 262 g/mol. The predicted octanol–water partition coefficient (Wildman–Crippen LogP) is 2.91. The van der Waals surface area contributed by atoms with Crippen molar-refractivity contribution >= 4 is 5.91 Å². The van der Waals surface area contributed by atoms with Gasteiger partial charge in [-0.25, -0.2) is 0 Å². The van der Waals surface area contributed by atoms with Crippen LogP contribution in [-0.2, 0) is 4.79 Å². The summed E-state index contributed by atoms with van der Waals surface area (Å²) in [7, 11) is 0. The summed E-state index contributed by atoms with van der Waals surface area (Å²) in [5.74, 6) is -0.232. The number of nitrogens with one attached hydrogen (secondary N) is 1. The molecule has 1 atom stereocenters. The van der Waals surface area contributed by atoms with Gasteiger partial charge in [0.2, 0.25) is 5.91 Å². The number of nitrogens with two attached hydrogens (primary N) is 1. The average molecular weight is 300 g/mol. The molecule has 0 heterocycles. The lowest BCUT2D eigenvalue weighted by atomic mass is 9.94. The lowest BCUT2D eigenvalue weighted by molar-refractivity contribution is -0.124. The molecule has 0 aromatic heterocycles.